The average Bonchev–Trinajstić information content (AvgIpc) is 3.56. The number of nitro groups is 1. The Labute approximate surface area is 237 Å². The summed E-state index contributed by atoms with van der Waals surface area (Å²) >= 11 is 1.14. The quantitative estimate of drug-likeness (QED) is 0.175. The van der Waals surface area contributed by atoms with Gasteiger partial charge in [0.1, 0.15) is 29.1 Å². The lowest BCUT2D eigenvalue weighted by Gasteiger charge is -2.26. The molecule has 210 valence electrons. The first kappa shape index (κ1) is 27.6. The summed E-state index contributed by atoms with van der Waals surface area (Å²) in [6, 6.07) is 13.7. The fourth-order valence-electron chi connectivity index (χ4n) is 4.63. The maximum absolute atomic E-state index is 13.9. The number of carbonyl (C=O) groups excluding carboxylic acids is 1. The molecule has 4 aromatic rings. The molecule has 0 bridgehead atoms. The van der Waals surface area contributed by atoms with Crippen LogP contribution in [0.4, 0.5) is 5.69 Å². The SMILES string of the molecule is CCOC(=O)C1=C(C)N=c2s/c(=C\c3ccc(-c4cccc([N+](=O)[O-])c4)o3)c(=O)n2C1c1cc(OC)ccc1OC. The van der Waals surface area contributed by atoms with Gasteiger partial charge < -0.3 is 18.6 Å². The lowest BCUT2D eigenvalue weighted by Crippen LogP contribution is -2.40. The summed E-state index contributed by atoms with van der Waals surface area (Å²) in [5.41, 5.74) is 1.23. The average molecular weight is 576 g/mol. The van der Waals surface area contributed by atoms with E-state index >= 15 is 0 Å². The Kier molecular flexibility index (Phi) is 7.58. The molecule has 5 rings (SSSR count). The number of rotatable bonds is 8. The Hall–Kier alpha value is -4.97. The highest BCUT2D eigenvalue weighted by Gasteiger charge is 2.35. The monoisotopic (exact) mass is 575 g/mol. The summed E-state index contributed by atoms with van der Waals surface area (Å²) in [6.45, 7) is 3.55. The lowest BCUT2D eigenvalue weighted by molar-refractivity contribution is -0.384. The predicted octanol–water partition coefficient (Wildman–Crippen LogP) is 3.98. The van der Waals surface area contributed by atoms with Crippen LogP contribution in [0.25, 0.3) is 17.4 Å². The van der Waals surface area contributed by atoms with Crippen molar-refractivity contribution in [2.45, 2.75) is 19.9 Å². The van der Waals surface area contributed by atoms with Crippen molar-refractivity contribution in [3.8, 4) is 22.8 Å². The van der Waals surface area contributed by atoms with Crippen LogP contribution in [-0.2, 0) is 9.53 Å². The van der Waals surface area contributed by atoms with Crippen molar-refractivity contribution in [3.63, 3.8) is 0 Å². The fourth-order valence-corrected chi connectivity index (χ4v) is 5.65. The van der Waals surface area contributed by atoms with Crippen LogP contribution < -0.4 is 24.4 Å². The highest BCUT2D eigenvalue weighted by Crippen LogP contribution is 2.38. The third-order valence-corrected chi connectivity index (χ3v) is 7.47. The van der Waals surface area contributed by atoms with Crippen LogP contribution in [0.1, 0.15) is 31.2 Å². The number of carbonyl (C=O) groups is 1. The van der Waals surface area contributed by atoms with Crippen LogP contribution in [0.2, 0.25) is 0 Å². The topological polar surface area (TPSA) is 135 Å². The van der Waals surface area contributed by atoms with E-state index in [4.69, 9.17) is 18.6 Å². The number of methoxy groups -OCH3 is 2. The normalized spacial score (nSPS) is 14.8. The molecule has 41 heavy (non-hydrogen) atoms. The molecular weight excluding hydrogens is 550 g/mol. The summed E-state index contributed by atoms with van der Waals surface area (Å²) in [5, 5.41) is 11.2. The number of aromatic nitrogens is 1. The molecule has 0 N–H and O–H groups in total. The van der Waals surface area contributed by atoms with Crippen LogP contribution in [0.5, 0.6) is 11.5 Å². The number of fused-ring (bicyclic) bond motifs is 1. The summed E-state index contributed by atoms with van der Waals surface area (Å²) < 4.78 is 24.1. The fraction of sp³-hybridized carbons (Fsp3) is 0.207. The molecule has 0 amide bonds. The van der Waals surface area contributed by atoms with Crippen molar-refractivity contribution in [1.29, 1.82) is 0 Å². The van der Waals surface area contributed by atoms with Crippen molar-refractivity contribution in [1.82, 2.24) is 4.57 Å². The molecule has 1 aliphatic rings. The second-order valence-electron chi connectivity index (χ2n) is 8.92. The van der Waals surface area contributed by atoms with Gasteiger partial charge in [0.05, 0.1) is 41.6 Å². The van der Waals surface area contributed by atoms with Gasteiger partial charge in [-0.2, -0.15) is 0 Å². The van der Waals surface area contributed by atoms with Crippen LogP contribution in [0.3, 0.4) is 0 Å². The number of esters is 1. The Morgan fingerprint density at radius 2 is 1.98 bits per heavy atom. The smallest absolute Gasteiger partial charge is 0.338 e. The van der Waals surface area contributed by atoms with Gasteiger partial charge in [0.2, 0.25) is 0 Å². The van der Waals surface area contributed by atoms with Gasteiger partial charge in [0, 0.05) is 29.3 Å². The molecule has 2 aromatic carbocycles. The maximum atomic E-state index is 13.9. The molecular formula is C29H25N3O8S. The first-order valence-corrected chi connectivity index (χ1v) is 13.3. The van der Waals surface area contributed by atoms with E-state index < -0.39 is 22.5 Å². The van der Waals surface area contributed by atoms with Crippen LogP contribution >= 0.6 is 11.3 Å². The summed E-state index contributed by atoms with van der Waals surface area (Å²) in [7, 11) is 3.03. The second-order valence-corrected chi connectivity index (χ2v) is 9.93. The summed E-state index contributed by atoms with van der Waals surface area (Å²) in [6.07, 6.45) is 1.58. The van der Waals surface area contributed by atoms with Crippen molar-refractivity contribution in [2.24, 2.45) is 4.99 Å². The van der Waals surface area contributed by atoms with Gasteiger partial charge >= 0.3 is 5.97 Å². The van der Waals surface area contributed by atoms with E-state index in [0.29, 0.717) is 49.2 Å². The van der Waals surface area contributed by atoms with E-state index in [2.05, 4.69) is 4.99 Å². The van der Waals surface area contributed by atoms with E-state index in [1.54, 1.807) is 62.4 Å². The van der Waals surface area contributed by atoms with Crippen molar-refractivity contribution in [2.75, 3.05) is 20.8 Å². The Balaban J connectivity index is 1.66. The van der Waals surface area contributed by atoms with E-state index in [-0.39, 0.29) is 17.9 Å². The lowest BCUT2D eigenvalue weighted by atomic mass is 9.95. The van der Waals surface area contributed by atoms with E-state index in [0.717, 1.165) is 11.3 Å². The molecule has 3 heterocycles. The number of hydrogen-bond acceptors (Lipinski definition) is 10. The zero-order chi connectivity index (χ0) is 29.3. The minimum Gasteiger partial charge on any atom is -0.497 e. The first-order valence-electron chi connectivity index (χ1n) is 12.5. The van der Waals surface area contributed by atoms with Crippen LogP contribution in [0, 0.1) is 10.1 Å². The molecule has 12 heteroatoms. The largest absolute Gasteiger partial charge is 0.497 e. The molecule has 0 fully saturated rings. The maximum Gasteiger partial charge on any atom is 0.338 e. The Morgan fingerprint density at radius 1 is 1.17 bits per heavy atom. The first-order chi connectivity index (χ1) is 19.7. The highest BCUT2D eigenvalue weighted by molar-refractivity contribution is 7.07. The number of thiazole rings is 1. The standard InChI is InChI=1S/C29H25N3O8S/c1-5-39-28(34)25-16(2)30-29-31(26(25)21-14-19(37-3)9-12-23(21)38-4)27(33)24(41-29)15-20-10-11-22(40-20)17-7-6-8-18(13-17)32(35)36/h6-15,26H,5H2,1-4H3/b24-15-. The van der Waals surface area contributed by atoms with E-state index in [1.807, 2.05) is 0 Å². The molecule has 0 aliphatic carbocycles. The van der Waals surface area contributed by atoms with Crippen LogP contribution in [0.15, 0.2) is 80.1 Å². The van der Waals surface area contributed by atoms with Gasteiger partial charge in [-0.15, -0.1) is 0 Å². The number of hydrogen-bond donors (Lipinski definition) is 0. The summed E-state index contributed by atoms with van der Waals surface area (Å²) in [5.74, 6) is 1.16. The third-order valence-electron chi connectivity index (χ3n) is 6.49. The minimum absolute atomic E-state index is 0.0606. The number of non-ortho nitro benzene ring substituents is 1. The molecule has 0 saturated heterocycles. The molecule has 0 radical (unpaired) electrons. The molecule has 2 aromatic heterocycles. The van der Waals surface area contributed by atoms with Crippen molar-refractivity contribution >= 4 is 29.1 Å². The number of allylic oxidation sites excluding steroid dienone is 1. The Morgan fingerprint density at radius 3 is 2.68 bits per heavy atom. The molecule has 1 unspecified atom stereocenters. The van der Waals surface area contributed by atoms with Crippen molar-refractivity contribution in [3.05, 3.63) is 107 Å². The molecule has 0 spiro atoms. The van der Waals surface area contributed by atoms with Crippen LogP contribution in [-0.4, -0.2) is 36.3 Å². The number of benzene rings is 2. The van der Waals surface area contributed by atoms with Gasteiger partial charge in [-0.25, -0.2) is 9.79 Å². The predicted molar refractivity (Wildman–Crippen MR) is 151 cm³/mol. The van der Waals surface area contributed by atoms with E-state index in [9.17, 15) is 19.7 Å². The van der Waals surface area contributed by atoms with Gasteiger partial charge in [0.15, 0.2) is 4.80 Å². The zero-order valence-electron chi connectivity index (χ0n) is 22.6. The Bertz CT molecular complexity index is 1880. The van der Waals surface area contributed by atoms with Crippen molar-refractivity contribution < 1.29 is 28.3 Å². The number of nitrogens with zero attached hydrogens (tertiary/aromatic N) is 3. The van der Waals surface area contributed by atoms with Gasteiger partial charge in [0.25, 0.3) is 11.2 Å². The van der Waals surface area contributed by atoms with Gasteiger partial charge in [-0.05, 0) is 44.2 Å². The molecule has 11 nitrogen and oxygen atoms in total. The van der Waals surface area contributed by atoms with E-state index in [1.165, 1.54) is 30.9 Å². The molecule has 1 atom stereocenters. The minimum atomic E-state index is -0.894. The second kappa shape index (κ2) is 11.3. The molecule has 1 aliphatic heterocycles. The van der Waals surface area contributed by atoms with Gasteiger partial charge in [-0.1, -0.05) is 23.5 Å². The highest BCUT2D eigenvalue weighted by atomic mass is 32.1. The number of furan rings is 1. The third kappa shape index (κ3) is 5.16. The number of nitro benzene ring substituents is 1. The zero-order valence-corrected chi connectivity index (χ0v) is 23.4. The van der Waals surface area contributed by atoms with Gasteiger partial charge in [-0.3, -0.25) is 19.5 Å². The summed E-state index contributed by atoms with van der Waals surface area (Å²) in [4.78, 5) is 42.7. The molecule has 0 saturated carbocycles. The number of ether oxygens (including phenoxy) is 3.